The SMILES string of the molecule is Cc1cc(S(=O)(=O)N2CCCCC2CCl)sc1Cl. The van der Waals surface area contributed by atoms with Crippen LogP contribution in [0.4, 0.5) is 0 Å². The normalized spacial score (nSPS) is 22.3. The van der Waals surface area contributed by atoms with Crippen LogP contribution in [-0.2, 0) is 10.0 Å². The summed E-state index contributed by atoms with van der Waals surface area (Å²) in [4.78, 5) is 0. The summed E-state index contributed by atoms with van der Waals surface area (Å²) in [6.07, 6.45) is 2.76. The molecule has 0 amide bonds. The van der Waals surface area contributed by atoms with Gasteiger partial charge in [0.1, 0.15) is 4.21 Å². The van der Waals surface area contributed by atoms with Crippen molar-refractivity contribution >= 4 is 44.6 Å². The third-order valence-corrected chi connectivity index (χ3v) is 7.46. The van der Waals surface area contributed by atoms with Crippen molar-refractivity contribution in [2.45, 2.75) is 36.4 Å². The van der Waals surface area contributed by atoms with Crippen LogP contribution in [0, 0.1) is 6.92 Å². The molecule has 0 radical (unpaired) electrons. The van der Waals surface area contributed by atoms with Crippen molar-refractivity contribution in [3.05, 3.63) is 16.0 Å². The van der Waals surface area contributed by atoms with E-state index in [4.69, 9.17) is 23.2 Å². The molecule has 102 valence electrons. The number of piperidine rings is 1. The molecular formula is C11H15Cl2NO2S2. The Balaban J connectivity index is 2.35. The summed E-state index contributed by atoms with van der Waals surface area (Å²) in [5.74, 6) is 0.345. The minimum absolute atomic E-state index is 0.0911. The van der Waals surface area contributed by atoms with Crippen molar-refractivity contribution in [1.82, 2.24) is 4.31 Å². The predicted octanol–water partition coefficient (Wildman–Crippen LogP) is 3.49. The maximum Gasteiger partial charge on any atom is 0.252 e. The van der Waals surface area contributed by atoms with E-state index in [1.807, 2.05) is 6.92 Å². The third-order valence-electron chi connectivity index (χ3n) is 3.15. The Kier molecular flexibility index (Phi) is 4.60. The highest BCUT2D eigenvalue weighted by molar-refractivity contribution is 7.91. The Morgan fingerprint density at radius 1 is 1.50 bits per heavy atom. The zero-order valence-electron chi connectivity index (χ0n) is 10.0. The first-order valence-corrected chi connectivity index (χ1v) is 8.97. The van der Waals surface area contributed by atoms with Gasteiger partial charge < -0.3 is 0 Å². The molecule has 2 heterocycles. The molecule has 7 heteroatoms. The molecule has 1 unspecified atom stereocenters. The van der Waals surface area contributed by atoms with Crippen molar-refractivity contribution in [3.8, 4) is 0 Å². The number of thiophene rings is 1. The molecule has 1 aromatic heterocycles. The molecule has 1 fully saturated rings. The molecule has 0 N–H and O–H groups in total. The lowest BCUT2D eigenvalue weighted by Crippen LogP contribution is -2.44. The molecular weight excluding hydrogens is 313 g/mol. The Labute approximate surface area is 122 Å². The summed E-state index contributed by atoms with van der Waals surface area (Å²) in [6.45, 7) is 2.36. The molecule has 2 rings (SSSR count). The molecule has 0 spiro atoms. The minimum Gasteiger partial charge on any atom is -0.206 e. The number of nitrogens with zero attached hydrogens (tertiary/aromatic N) is 1. The molecule has 1 aliphatic rings. The zero-order chi connectivity index (χ0) is 13.3. The predicted molar refractivity (Wildman–Crippen MR) is 76.3 cm³/mol. The fourth-order valence-corrected chi connectivity index (χ4v) is 6.05. The van der Waals surface area contributed by atoms with Crippen molar-refractivity contribution in [2.75, 3.05) is 12.4 Å². The molecule has 18 heavy (non-hydrogen) atoms. The van der Waals surface area contributed by atoms with Crippen LogP contribution in [0.15, 0.2) is 10.3 Å². The number of halogens is 2. The standard InChI is InChI=1S/C11H15Cl2NO2S2/c1-8-6-10(17-11(8)13)18(15,16)14-5-3-2-4-9(14)7-12/h6,9H,2-5,7H2,1H3. The van der Waals surface area contributed by atoms with E-state index in [-0.39, 0.29) is 6.04 Å². The summed E-state index contributed by atoms with van der Waals surface area (Å²) in [7, 11) is -3.44. The monoisotopic (exact) mass is 327 g/mol. The Morgan fingerprint density at radius 3 is 2.78 bits per heavy atom. The van der Waals surface area contributed by atoms with Gasteiger partial charge in [0, 0.05) is 18.5 Å². The van der Waals surface area contributed by atoms with Gasteiger partial charge >= 0.3 is 0 Å². The van der Waals surface area contributed by atoms with Crippen LogP contribution in [0.1, 0.15) is 24.8 Å². The summed E-state index contributed by atoms with van der Waals surface area (Å²) >= 11 is 13.0. The molecule has 1 aromatic rings. The molecule has 1 atom stereocenters. The molecule has 3 nitrogen and oxygen atoms in total. The summed E-state index contributed by atoms with van der Waals surface area (Å²) in [5.41, 5.74) is 0.805. The lowest BCUT2D eigenvalue weighted by atomic mass is 10.1. The van der Waals surface area contributed by atoms with E-state index in [0.29, 0.717) is 21.0 Å². The highest BCUT2D eigenvalue weighted by atomic mass is 35.5. The Bertz CT molecular complexity index is 508. The lowest BCUT2D eigenvalue weighted by Gasteiger charge is -2.32. The molecule has 0 bridgehead atoms. The fourth-order valence-electron chi connectivity index (χ4n) is 2.12. The molecule has 0 aromatic carbocycles. The number of aryl methyl sites for hydroxylation is 1. The van der Waals surface area contributed by atoms with Crippen LogP contribution in [0.5, 0.6) is 0 Å². The molecule has 1 aliphatic heterocycles. The van der Waals surface area contributed by atoms with Gasteiger partial charge in [-0.1, -0.05) is 18.0 Å². The molecule has 1 saturated heterocycles. The number of rotatable bonds is 3. The second-order valence-corrected chi connectivity index (χ2v) is 8.52. The maximum absolute atomic E-state index is 12.5. The fraction of sp³-hybridized carbons (Fsp3) is 0.636. The second kappa shape index (κ2) is 5.67. The number of sulfonamides is 1. The van der Waals surface area contributed by atoms with Crippen LogP contribution < -0.4 is 0 Å². The second-order valence-electron chi connectivity index (χ2n) is 4.44. The van der Waals surface area contributed by atoms with Gasteiger partial charge in [-0.15, -0.1) is 22.9 Å². The van der Waals surface area contributed by atoms with Gasteiger partial charge in [-0.2, -0.15) is 4.31 Å². The molecule has 0 aliphatic carbocycles. The van der Waals surface area contributed by atoms with Crippen LogP contribution in [0.25, 0.3) is 0 Å². The van der Waals surface area contributed by atoms with Gasteiger partial charge in [0.2, 0.25) is 0 Å². The number of hydrogen-bond acceptors (Lipinski definition) is 3. The van der Waals surface area contributed by atoms with Gasteiger partial charge in [0.25, 0.3) is 10.0 Å². The van der Waals surface area contributed by atoms with E-state index in [2.05, 4.69) is 0 Å². The Morgan fingerprint density at radius 2 is 2.22 bits per heavy atom. The highest BCUT2D eigenvalue weighted by Crippen LogP contribution is 2.34. The van der Waals surface area contributed by atoms with E-state index < -0.39 is 10.0 Å². The number of alkyl halides is 1. The van der Waals surface area contributed by atoms with Gasteiger partial charge in [0.05, 0.1) is 4.34 Å². The summed E-state index contributed by atoms with van der Waals surface area (Å²) < 4.78 is 27.5. The van der Waals surface area contributed by atoms with Crippen molar-refractivity contribution in [1.29, 1.82) is 0 Å². The lowest BCUT2D eigenvalue weighted by molar-refractivity contribution is 0.272. The quantitative estimate of drug-likeness (QED) is 0.797. The number of hydrogen-bond donors (Lipinski definition) is 0. The maximum atomic E-state index is 12.5. The molecule has 0 saturated carbocycles. The van der Waals surface area contributed by atoms with E-state index in [1.54, 1.807) is 6.07 Å². The topological polar surface area (TPSA) is 37.4 Å². The zero-order valence-corrected chi connectivity index (χ0v) is 13.2. The van der Waals surface area contributed by atoms with Crippen LogP contribution >= 0.6 is 34.5 Å². The van der Waals surface area contributed by atoms with Crippen molar-refractivity contribution < 1.29 is 8.42 Å². The van der Waals surface area contributed by atoms with Crippen molar-refractivity contribution in [2.24, 2.45) is 0 Å². The van der Waals surface area contributed by atoms with E-state index in [9.17, 15) is 8.42 Å². The van der Waals surface area contributed by atoms with Gasteiger partial charge in [0.15, 0.2) is 0 Å². The average Bonchev–Trinajstić information content (AvgIpc) is 2.70. The third kappa shape index (κ3) is 2.70. The van der Waals surface area contributed by atoms with Gasteiger partial charge in [-0.25, -0.2) is 8.42 Å². The smallest absolute Gasteiger partial charge is 0.206 e. The Hall–Kier alpha value is 0.190. The van der Waals surface area contributed by atoms with Crippen LogP contribution in [0.2, 0.25) is 4.34 Å². The van der Waals surface area contributed by atoms with E-state index >= 15 is 0 Å². The first-order valence-electron chi connectivity index (χ1n) is 5.80. The van der Waals surface area contributed by atoms with Gasteiger partial charge in [-0.3, -0.25) is 0 Å². The van der Waals surface area contributed by atoms with Crippen LogP contribution in [0.3, 0.4) is 0 Å². The minimum atomic E-state index is -3.44. The first-order chi connectivity index (χ1) is 8.46. The largest absolute Gasteiger partial charge is 0.252 e. The van der Waals surface area contributed by atoms with Gasteiger partial charge in [-0.05, 0) is 31.4 Å². The van der Waals surface area contributed by atoms with Crippen molar-refractivity contribution in [3.63, 3.8) is 0 Å². The van der Waals surface area contributed by atoms with E-state index in [1.165, 1.54) is 4.31 Å². The van der Waals surface area contributed by atoms with E-state index in [0.717, 1.165) is 36.2 Å². The first kappa shape index (κ1) is 14.6. The summed E-state index contributed by atoms with van der Waals surface area (Å²) in [6, 6.07) is 1.55. The van der Waals surface area contributed by atoms with Crippen LogP contribution in [-0.4, -0.2) is 31.2 Å². The average molecular weight is 328 g/mol. The summed E-state index contributed by atoms with van der Waals surface area (Å²) in [5, 5.41) is 0. The highest BCUT2D eigenvalue weighted by Gasteiger charge is 2.34.